The number of anilines is 3. The molecule has 0 aliphatic heterocycles. The van der Waals surface area contributed by atoms with Crippen molar-refractivity contribution in [3.63, 3.8) is 0 Å². The number of benzene rings is 11. The summed E-state index contributed by atoms with van der Waals surface area (Å²) in [5.74, 6) is 0. The first-order valence-corrected chi connectivity index (χ1v) is 21.7. The van der Waals surface area contributed by atoms with Crippen LogP contribution < -0.4 is 4.90 Å². The zero-order chi connectivity index (χ0) is 42.0. The Morgan fingerprint density at radius 3 is 1.21 bits per heavy atom. The van der Waals surface area contributed by atoms with Gasteiger partial charge in [0.2, 0.25) is 0 Å². The lowest BCUT2D eigenvalue weighted by molar-refractivity contribution is 1.28. The fourth-order valence-corrected chi connectivity index (χ4v) is 9.41. The van der Waals surface area contributed by atoms with Gasteiger partial charge in [-0.15, -0.1) is 0 Å². The Labute approximate surface area is 369 Å². The first-order valence-electron chi connectivity index (χ1n) is 21.7. The van der Waals surface area contributed by atoms with Crippen molar-refractivity contribution in [1.82, 2.24) is 0 Å². The summed E-state index contributed by atoms with van der Waals surface area (Å²) in [5.41, 5.74) is 17.5. The molecule has 0 aromatic heterocycles. The second-order valence-corrected chi connectivity index (χ2v) is 16.0. The highest BCUT2D eigenvalue weighted by molar-refractivity contribution is 6.22. The van der Waals surface area contributed by atoms with E-state index in [-0.39, 0.29) is 0 Å². The highest BCUT2D eigenvalue weighted by Gasteiger charge is 2.25. The molecule has 1 nitrogen and oxygen atoms in total. The summed E-state index contributed by atoms with van der Waals surface area (Å²) in [6.07, 6.45) is 0. The zero-order valence-corrected chi connectivity index (χ0v) is 34.8. The minimum atomic E-state index is 1.07. The summed E-state index contributed by atoms with van der Waals surface area (Å²) < 4.78 is 0. The van der Waals surface area contributed by atoms with Crippen LogP contribution in [0.4, 0.5) is 17.1 Å². The summed E-state index contributed by atoms with van der Waals surface area (Å²) in [4.78, 5) is 2.49. The molecule has 0 heterocycles. The van der Waals surface area contributed by atoms with E-state index in [0.29, 0.717) is 0 Å². The number of hydrogen-bond acceptors (Lipinski definition) is 1. The molecule has 0 saturated carbocycles. The first kappa shape index (κ1) is 37.7. The molecule has 0 amide bonds. The molecule has 0 aliphatic carbocycles. The maximum Gasteiger partial charge on any atom is 0.0618 e. The predicted molar refractivity (Wildman–Crippen MR) is 269 cm³/mol. The number of fused-ring (bicyclic) bond motifs is 3. The predicted octanol–water partition coefficient (Wildman–Crippen LogP) is 17.5. The molecule has 0 saturated heterocycles. The van der Waals surface area contributed by atoms with Crippen molar-refractivity contribution < 1.29 is 0 Å². The van der Waals surface area contributed by atoms with Crippen LogP contribution in [0.15, 0.2) is 261 Å². The smallest absolute Gasteiger partial charge is 0.0618 e. The highest BCUT2D eigenvalue weighted by Crippen LogP contribution is 2.50. The average molecular weight is 802 g/mol. The van der Waals surface area contributed by atoms with Gasteiger partial charge in [0.05, 0.1) is 11.4 Å². The second kappa shape index (κ2) is 16.7. The molecule has 63 heavy (non-hydrogen) atoms. The monoisotopic (exact) mass is 801 g/mol. The van der Waals surface area contributed by atoms with Gasteiger partial charge in [-0.1, -0.05) is 237 Å². The molecule has 0 unspecified atom stereocenters. The van der Waals surface area contributed by atoms with Gasteiger partial charge in [-0.3, -0.25) is 0 Å². The van der Waals surface area contributed by atoms with Crippen LogP contribution >= 0.6 is 0 Å². The van der Waals surface area contributed by atoms with Gasteiger partial charge in [-0.25, -0.2) is 0 Å². The van der Waals surface area contributed by atoms with Crippen LogP contribution in [0.1, 0.15) is 0 Å². The molecular weight excluding hydrogens is 759 g/mol. The molecule has 11 rings (SSSR count). The van der Waals surface area contributed by atoms with Crippen molar-refractivity contribution in [2.24, 2.45) is 0 Å². The van der Waals surface area contributed by atoms with Crippen molar-refractivity contribution in [2.45, 2.75) is 0 Å². The van der Waals surface area contributed by atoms with Crippen LogP contribution in [0, 0.1) is 0 Å². The van der Waals surface area contributed by atoms with Crippen molar-refractivity contribution >= 4 is 38.6 Å². The summed E-state index contributed by atoms with van der Waals surface area (Å²) in [6.45, 7) is 0. The largest absolute Gasteiger partial charge is 0.309 e. The van der Waals surface area contributed by atoms with E-state index < -0.39 is 0 Å². The third-order valence-corrected chi connectivity index (χ3v) is 12.2. The van der Waals surface area contributed by atoms with Gasteiger partial charge in [0, 0.05) is 22.4 Å². The van der Waals surface area contributed by atoms with Gasteiger partial charge in [-0.05, 0) is 95.9 Å². The third kappa shape index (κ3) is 7.06. The average Bonchev–Trinajstić information content (AvgIpc) is 3.37. The Morgan fingerprint density at radius 2 is 0.619 bits per heavy atom. The molecule has 0 spiro atoms. The summed E-state index contributed by atoms with van der Waals surface area (Å²) in [6, 6.07) is 94.7. The normalized spacial score (nSPS) is 11.2. The van der Waals surface area contributed by atoms with Crippen LogP contribution in [-0.2, 0) is 0 Å². The highest BCUT2D eigenvalue weighted by atomic mass is 15.1. The Hall–Kier alpha value is -8.26. The maximum atomic E-state index is 2.49. The summed E-state index contributed by atoms with van der Waals surface area (Å²) >= 11 is 0. The van der Waals surface area contributed by atoms with E-state index in [1.165, 1.54) is 43.8 Å². The minimum Gasteiger partial charge on any atom is -0.309 e. The minimum absolute atomic E-state index is 1.07. The van der Waals surface area contributed by atoms with Crippen LogP contribution in [0.5, 0.6) is 0 Å². The van der Waals surface area contributed by atoms with E-state index in [1.807, 2.05) is 0 Å². The van der Waals surface area contributed by atoms with Crippen molar-refractivity contribution in [3.05, 3.63) is 261 Å². The Kier molecular flexibility index (Phi) is 9.97. The lowest BCUT2D eigenvalue weighted by Gasteiger charge is -2.32. The molecule has 0 atom stereocenters. The zero-order valence-electron chi connectivity index (χ0n) is 34.8. The molecule has 0 radical (unpaired) electrons. The number of hydrogen-bond donors (Lipinski definition) is 0. The number of para-hydroxylation sites is 2. The standard InChI is InChI=1S/C62H43N/c1-6-22-44(23-7-1)52-34-18-19-39-59(52)63(62-53(45-24-8-2-9-25-45)37-21-38-54(62)46-26-10-3-11-27-46)51-33-20-32-49(42-51)50-40-41-56-55-35-16-17-36-57(55)60(47-28-12-4-13-29-47)61(58(56)43-50)48-30-14-5-15-31-48/h1-43H. The fourth-order valence-electron chi connectivity index (χ4n) is 9.41. The van der Waals surface area contributed by atoms with E-state index in [1.54, 1.807) is 0 Å². The van der Waals surface area contributed by atoms with Gasteiger partial charge in [0.25, 0.3) is 0 Å². The first-order chi connectivity index (χ1) is 31.3. The Bertz CT molecular complexity index is 3300. The van der Waals surface area contributed by atoms with E-state index in [4.69, 9.17) is 0 Å². The molecule has 11 aromatic rings. The quantitative estimate of drug-likeness (QED) is 0.131. The fraction of sp³-hybridized carbons (Fsp3) is 0. The maximum absolute atomic E-state index is 2.49. The van der Waals surface area contributed by atoms with Crippen LogP contribution in [0.2, 0.25) is 0 Å². The van der Waals surface area contributed by atoms with Crippen LogP contribution in [0.3, 0.4) is 0 Å². The van der Waals surface area contributed by atoms with Crippen molar-refractivity contribution in [1.29, 1.82) is 0 Å². The Balaban J connectivity index is 1.19. The van der Waals surface area contributed by atoms with E-state index in [2.05, 4.69) is 266 Å². The molecular formula is C62H43N. The van der Waals surface area contributed by atoms with Crippen molar-refractivity contribution in [3.8, 4) is 66.8 Å². The summed E-state index contributed by atoms with van der Waals surface area (Å²) in [5, 5.41) is 4.98. The molecule has 0 fully saturated rings. The SMILES string of the molecule is c1ccc(-c2ccccc2N(c2cccc(-c3ccc4c(c3)c(-c3ccccc3)c(-c3ccccc3)c3ccccc34)c2)c2c(-c3ccccc3)cccc2-c2ccccc2)cc1. The van der Waals surface area contributed by atoms with Crippen molar-refractivity contribution in [2.75, 3.05) is 4.90 Å². The lowest BCUT2D eigenvalue weighted by Crippen LogP contribution is -2.14. The van der Waals surface area contributed by atoms with Gasteiger partial charge in [-0.2, -0.15) is 0 Å². The second-order valence-electron chi connectivity index (χ2n) is 16.0. The Morgan fingerprint density at radius 1 is 0.222 bits per heavy atom. The lowest BCUT2D eigenvalue weighted by atomic mass is 9.84. The van der Waals surface area contributed by atoms with E-state index >= 15 is 0 Å². The topological polar surface area (TPSA) is 3.24 Å². The third-order valence-electron chi connectivity index (χ3n) is 12.2. The molecule has 0 bridgehead atoms. The molecule has 0 N–H and O–H groups in total. The van der Waals surface area contributed by atoms with E-state index in [9.17, 15) is 0 Å². The molecule has 296 valence electrons. The molecule has 11 aromatic carbocycles. The number of rotatable bonds is 9. The van der Waals surface area contributed by atoms with E-state index in [0.717, 1.165) is 61.6 Å². The molecule has 1 heteroatoms. The molecule has 0 aliphatic rings. The number of nitrogens with zero attached hydrogens (tertiary/aromatic N) is 1. The summed E-state index contributed by atoms with van der Waals surface area (Å²) in [7, 11) is 0. The van der Waals surface area contributed by atoms with Crippen LogP contribution in [0.25, 0.3) is 88.3 Å². The van der Waals surface area contributed by atoms with Gasteiger partial charge < -0.3 is 4.90 Å². The van der Waals surface area contributed by atoms with Crippen LogP contribution in [-0.4, -0.2) is 0 Å². The van der Waals surface area contributed by atoms with Gasteiger partial charge in [0.1, 0.15) is 0 Å². The van der Waals surface area contributed by atoms with Gasteiger partial charge >= 0.3 is 0 Å². The van der Waals surface area contributed by atoms with Gasteiger partial charge in [0.15, 0.2) is 0 Å².